The maximum atomic E-state index is 13.0. The number of aliphatic hydroxyl groups is 1. The number of phosphoric ester groups is 1. The van der Waals surface area contributed by atoms with Crippen LogP contribution in [0.4, 0.5) is 0 Å². The number of nitrogens with one attached hydrogen (secondary N) is 1. The van der Waals surface area contributed by atoms with Crippen molar-refractivity contribution in [2.75, 3.05) is 40.9 Å². The second-order valence-electron chi connectivity index (χ2n) is 24.5. The van der Waals surface area contributed by atoms with E-state index in [1.54, 1.807) is 6.08 Å². The first kappa shape index (κ1) is 75.7. The number of aliphatic hydroxyl groups excluding tert-OH is 1. The third-order valence-electron chi connectivity index (χ3n) is 15.6. The van der Waals surface area contributed by atoms with Crippen molar-refractivity contribution in [3.63, 3.8) is 0 Å². The van der Waals surface area contributed by atoms with Crippen LogP contribution in [0.25, 0.3) is 0 Å². The Hall–Kier alpha value is -1.28. The number of unbranched alkanes of at least 4 members (excludes halogenated alkanes) is 46. The number of phosphoric acid groups is 1. The normalized spacial score (nSPS) is 13.9. The zero-order valence-corrected chi connectivity index (χ0v) is 53.1. The maximum Gasteiger partial charge on any atom is 0.472 e. The SMILES string of the molecule is CCCCCCCCCCCC/C=C/CC/C=C/CC/C=C/C(O)C(COP(=O)(O)OCC[N+](C)(C)C)NC(=O)CCCCCCCCCCCCCCCCCCCCCCCCCCCCCCCCCCCCC. The van der Waals surface area contributed by atoms with Crippen LogP contribution in [0.3, 0.4) is 0 Å². The molecule has 0 aromatic rings. The molecule has 0 heterocycles. The summed E-state index contributed by atoms with van der Waals surface area (Å²) in [5.41, 5.74) is 0. The van der Waals surface area contributed by atoms with Gasteiger partial charge in [-0.15, -0.1) is 0 Å². The van der Waals surface area contributed by atoms with Crippen LogP contribution < -0.4 is 5.32 Å². The molecular weight excluding hydrogens is 972 g/mol. The number of nitrogens with zero attached hydrogens (tertiary/aromatic N) is 1. The first-order valence-corrected chi connectivity index (χ1v) is 35.4. The van der Waals surface area contributed by atoms with Crippen LogP contribution in [0, 0.1) is 0 Å². The van der Waals surface area contributed by atoms with E-state index in [4.69, 9.17) is 9.05 Å². The Morgan fingerprint density at radius 3 is 1.04 bits per heavy atom. The Labute approximate surface area is 480 Å². The summed E-state index contributed by atoms with van der Waals surface area (Å²) in [5.74, 6) is -0.184. The van der Waals surface area contributed by atoms with E-state index in [1.807, 2.05) is 27.2 Å². The summed E-state index contributed by atoms with van der Waals surface area (Å²) in [7, 11) is 1.56. The molecular formula is C68H134N2O6P+. The van der Waals surface area contributed by atoms with Crippen LogP contribution in [0.2, 0.25) is 0 Å². The number of hydrogen-bond donors (Lipinski definition) is 3. The van der Waals surface area contributed by atoms with Gasteiger partial charge in [0.2, 0.25) is 5.91 Å². The molecule has 0 aromatic heterocycles. The minimum atomic E-state index is -4.36. The monoisotopic (exact) mass is 1110 g/mol. The summed E-state index contributed by atoms with van der Waals surface area (Å²) in [5, 5.41) is 13.9. The van der Waals surface area contributed by atoms with E-state index in [1.165, 1.54) is 276 Å². The lowest BCUT2D eigenvalue weighted by Gasteiger charge is -2.25. The van der Waals surface area contributed by atoms with Gasteiger partial charge in [-0.25, -0.2) is 4.57 Å². The summed E-state index contributed by atoms with van der Waals surface area (Å²) in [6.07, 6.45) is 78.7. The lowest BCUT2D eigenvalue weighted by molar-refractivity contribution is -0.870. The summed E-state index contributed by atoms with van der Waals surface area (Å²) < 4.78 is 23.7. The van der Waals surface area contributed by atoms with Crippen molar-refractivity contribution in [2.45, 2.75) is 353 Å². The summed E-state index contributed by atoms with van der Waals surface area (Å²) in [4.78, 5) is 23.4. The predicted octanol–water partition coefficient (Wildman–Crippen LogP) is 21.3. The van der Waals surface area contributed by atoms with Crippen molar-refractivity contribution in [2.24, 2.45) is 0 Å². The molecule has 0 saturated heterocycles. The Balaban J connectivity index is 4.02. The molecule has 0 aliphatic carbocycles. The first-order chi connectivity index (χ1) is 37.5. The fourth-order valence-corrected chi connectivity index (χ4v) is 11.1. The minimum absolute atomic E-state index is 0.0553. The molecule has 9 heteroatoms. The average molecular weight is 1110 g/mol. The number of rotatable bonds is 63. The number of amides is 1. The van der Waals surface area contributed by atoms with Gasteiger partial charge in [-0.3, -0.25) is 13.8 Å². The van der Waals surface area contributed by atoms with Crippen molar-refractivity contribution in [3.05, 3.63) is 36.5 Å². The van der Waals surface area contributed by atoms with Gasteiger partial charge < -0.3 is 19.8 Å². The van der Waals surface area contributed by atoms with Gasteiger partial charge in [0.25, 0.3) is 0 Å². The number of carbonyl (C=O) groups is 1. The first-order valence-electron chi connectivity index (χ1n) is 33.9. The summed E-state index contributed by atoms with van der Waals surface area (Å²) >= 11 is 0. The van der Waals surface area contributed by atoms with Gasteiger partial charge in [0.15, 0.2) is 0 Å². The molecule has 77 heavy (non-hydrogen) atoms. The quantitative estimate of drug-likeness (QED) is 0.0243. The molecule has 0 bridgehead atoms. The summed E-state index contributed by atoms with van der Waals surface area (Å²) in [6.45, 7) is 4.83. The Morgan fingerprint density at radius 1 is 0.429 bits per heavy atom. The number of likely N-dealkylation sites (N-methyl/N-ethyl adjacent to an activating group) is 1. The molecule has 3 atom stereocenters. The zero-order chi connectivity index (χ0) is 56.3. The second kappa shape index (κ2) is 59.3. The number of allylic oxidation sites excluding steroid dienone is 5. The Kier molecular flexibility index (Phi) is 58.4. The van der Waals surface area contributed by atoms with Crippen LogP contribution in [-0.2, 0) is 18.4 Å². The van der Waals surface area contributed by atoms with Crippen LogP contribution in [0.1, 0.15) is 341 Å². The number of hydrogen-bond acceptors (Lipinski definition) is 5. The molecule has 3 N–H and O–H groups in total. The maximum absolute atomic E-state index is 13.0. The molecule has 0 aliphatic heterocycles. The highest BCUT2D eigenvalue weighted by Crippen LogP contribution is 2.43. The fraction of sp³-hybridized carbons (Fsp3) is 0.897. The van der Waals surface area contributed by atoms with E-state index in [-0.39, 0.29) is 19.1 Å². The van der Waals surface area contributed by atoms with Crippen LogP contribution in [0.15, 0.2) is 36.5 Å². The van der Waals surface area contributed by atoms with Crippen molar-refractivity contribution in [1.29, 1.82) is 0 Å². The van der Waals surface area contributed by atoms with Crippen molar-refractivity contribution in [3.8, 4) is 0 Å². The molecule has 0 fully saturated rings. The zero-order valence-electron chi connectivity index (χ0n) is 52.2. The third kappa shape index (κ3) is 62.2. The standard InChI is InChI=1S/C68H133N2O6P/c1-6-8-10-12-14-16-18-20-22-24-26-28-29-30-31-32-33-34-35-36-37-38-39-40-41-42-44-46-48-50-52-54-56-58-60-62-68(72)69-66(65-76-77(73,74)75-64-63-70(3,4)5)67(71)61-59-57-55-53-51-49-47-45-43-27-25-23-21-19-17-15-13-11-9-7-2/h43,45,51,53,59,61,66-67,71H,6-42,44,46-50,52,54-58,60,62-65H2,1-5H3,(H-,69,72,73,74)/p+1/b45-43+,53-51+,61-59+. The highest BCUT2D eigenvalue weighted by Gasteiger charge is 2.28. The van der Waals surface area contributed by atoms with Crippen LogP contribution in [0.5, 0.6) is 0 Å². The highest BCUT2D eigenvalue weighted by molar-refractivity contribution is 7.47. The molecule has 0 aromatic carbocycles. The molecule has 0 spiro atoms. The van der Waals surface area contributed by atoms with Crippen LogP contribution >= 0.6 is 7.82 Å². The van der Waals surface area contributed by atoms with Crippen molar-refractivity contribution >= 4 is 13.7 Å². The third-order valence-corrected chi connectivity index (χ3v) is 16.6. The van der Waals surface area contributed by atoms with E-state index >= 15 is 0 Å². The topological polar surface area (TPSA) is 105 Å². The van der Waals surface area contributed by atoms with Crippen LogP contribution in [-0.4, -0.2) is 73.4 Å². The molecule has 8 nitrogen and oxygen atoms in total. The average Bonchev–Trinajstić information content (AvgIpc) is 3.39. The van der Waals surface area contributed by atoms with Gasteiger partial charge in [-0.1, -0.05) is 326 Å². The second-order valence-corrected chi connectivity index (χ2v) is 26.0. The van der Waals surface area contributed by atoms with Crippen molar-refractivity contribution in [1.82, 2.24) is 5.32 Å². The molecule has 0 saturated carbocycles. The lowest BCUT2D eigenvalue weighted by atomic mass is 10.0. The van der Waals surface area contributed by atoms with E-state index in [0.717, 1.165) is 44.9 Å². The van der Waals surface area contributed by atoms with Gasteiger partial charge in [0, 0.05) is 6.42 Å². The van der Waals surface area contributed by atoms with E-state index in [9.17, 15) is 19.4 Å². The smallest absolute Gasteiger partial charge is 0.387 e. The Bertz CT molecular complexity index is 1350. The largest absolute Gasteiger partial charge is 0.472 e. The number of carbonyl (C=O) groups excluding carboxylic acids is 1. The fourth-order valence-electron chi connectivity index (χ4n) is 10.3. The summed E-state index contributed by atoms with van der Waals surface area (Å²) in [6, 6.07) is -0.869. The molecule has 0 aliphatic rings. The molecule has 456 valence electrons. The van der Waals surface area contributed by atoms with E-state index in [0.29, 0.717) is 17.4 Å². The highest BCUT2D eigenvalue weighted by atomic mass is 31.2. The van der Waals surface area contributed by atoms with Gasteiger partial charge in [0.1, 0.15) is 13.2 Å². The van der Waals surface area contributed by atoms with E-state index in [2.05, 4.69) is 43.5 Å². The van der Waals surface area contributed by atoms with Crippen molar-refractivity contribution < 1.29 is 32.9 Å². The van der Waals surface area contributed by atoms with E-state index < -0.39 is 20.0 Å². The Morgan fingerprint density at radius 2 is 0.714 bits per heavy atom. The van der Waals surface area contributed by atoms with Gasteiger partial charge in [-0.2, -0.15) is 0 Å². The molecule has 1 amide bonds. The molecule has 0 radical (unpaired) electrons. The predicted molar refractivity (Wildman–Crippen MR) is 337 cm³/mol. The lowest BCUT2D eigenvalue weighted by Crippen LogP contribution is -2.45. The molecule has 3 unspecified atom stereocenters. The van der Waals surface area contributed by atoms with Gasteiger partial charge in [-0.05, 0) is 44.9 Å². The van der Waals surface area contributed by atoms with Gasteiger partial charge >= 0.3 is 7.82 Å². The molecule has 0 rings (SSSR count). The minimum Gasteiger partial charge on any atom is -0.387 e. The number of quaternary nitrogens is 1. The van der Waals surface area contributed by atoms with Gasteiger partial charge in [0.05, 0.1) is 39.9 Å².